The lowest BCUT2D eigenvalue weighted by Gasteiger charge is -2.56. The zero-order valence-electron chi connectivity index (χ0n) is 69.9. The highest BCUT2D eigenvalue weighted by Gasteiger charge is 2.52. The van der Waals surface area contributed by atoms with Crippen LogP contribution in [0.1, 0.15) is 262 Å². The lowest BCUT2D eigenvalue weighted by molar-refractivity contribution is -0.0221. The Labute approximate surface area is 618 Å². The molecule has 3 aromatic heterocycles. The van der Waals surface area contributed by atoms with Gasteiger partial charge in [0, 0.05) is 135 Å². The molecule has 0 bridgehead atoms. The molecule has 102 heavy (non-hydrogen) atoms. The molecule has 0 spiro atoms. The molecule has 0 amide bonds. The molecule has 9 heterocycles. The summed E-state index contributed by atoms with van der Waals surface area (Å²) in [5.74, 6) is 5.67. The van der Waals surface area contributed by atoms with Gasteiger partial charge in [-0.15, -0.1) is 0 Å². The molecule has 6 aliphatic rings. The molecule has 6 aliphatic heterocycles. The predicted molar refractivity (Wildman–Crippen MR) is 427 cm³/mol. The highest BCUT2D eigenvalue weighted by atomic mass is 15.4. The first kappa shape index (κ1) is 81.1. The van der Waals surface area contributed by atoms with E-state index in [1.54, 1.807) is 0 Å². The molecule has 0 saturated carbocycles. The van der Waals surface area contributed by atoms with E-state index in [9.17, 15) is 0 Å². The van der Waals surface area contributed by atoms with E-state index in [4.69, 9.17) is 44.9 Å². The van der Waals surface area contributed by atoms with Crippen LogP contribution in [0.2, 0.25) is 0 Å². The largest absolute Gasteiger partial charge is 0.354 e. The summed E-state index contributed by atoms with van der Waals surface area (Å²) >= 11 is 0. The summed E-state index contributed by atoms with van der Waals surface area (Å²) in [7, 11) is 13.5. The number of nitrogens with one attached hydrogen (secondary N) is 9. The Hall–Kier alpha value is -5.01. The van der Waals surface area contributed by atoms with Crippen LogP contribution in [0.4, 0.5) is 53.5 Å². The number of nitrogens with zero attached hydrogens (tertiary/aromatic N) is 15. The molecule has 9 rings (SSSR count). The molecule has 6 saturated heterocycles. The van der Waals surface area contributed by atoms with Crippen molar-refractivity contribution in [2.24, 2.45) is 16.7 Å². The van der Waals surface area contributed by atoms with Gasteiger partial charge in [0.2, 0.25) is 53.5 Å². The first-order chi connectivity index (χ1) is 46.9. The van der Waals surface area contributed by atoms with Crippen molar-refractivity contribution in [1.82, 2.24) is 74.3 Å². The van der Waals surface area contributed by atoms with Gasteiger partial charge in [-0.25, -0.2) is 0 Å². The van der Waals surface area contributed by atoms with Gasteiger partial charge in [0.05, 0.1) is 0 Å². The maximum absolute atomic E-state index is 5.24. The molecular formula is C78H146N24. The van der Waals surface area contributed by atoms with Gasteiger partial charge in [0.25, 0.3) is 0 Å². The molecule has 9 N–H and O–H groups in total. The Bertz CT molecular complexity index is 3040. The summed E-state index contributed by atoms with van der Waals surface area (Å²) in [4.78, 5) is 61.5. The third-order valence-corrected chi connectivity index (χ3v) is 28.3. The Kier molecular flexibility index (Phi) is 23.5. The molecule has 3 atom stereocenters. The van der Waals surface area contributed by atoms with E-state index in [0.717, 1.165) is 109 Å². The summed E-state index contributed by atoms with van der Waals surface area (Å²) in [5.41, 5.74) is -0.324. The topological polar surface area (TPSA) is 244 Å². The minimum Gasteiger partial charge on any atom is -0.354 e. The number of hydrogen-bond acceptors (Lipinski definition) is 24. The number of piperidine rings is 6. The molecule has 24 heteroatoms. The molecule has 578 valence electrons. The molecule has 3 aromatic rings. The predicted octanol–water partition coefficient (Wildman–Crippen LogP) is 13.5. The second-order valence-electron chi connectivity index (χ2n) is 39.8. The lowest BCUT2D eigenvalue weighted by atomic mass is 9.65. The average molecular weight is 1420 g/mol. The number of likely N-dealkylation sites (tertiary alicyclic amines) is 6. The van der Waals surface area contributed by atoms with Crippen LogP contribution in [0.25, 0.3) is 0 Å². The van der Waals surface area contributed by atoms with Gasteiger partial charge >= 0.3 is 0 Å². The van der Waals surface area contributed by atoms with Gasteiger partial charge in [0.1, 0.15) is 0 Å². The second-order valence-corrected chi connectivity index (χ2v) is 39.8. The Morgan fingerprint density at radius 2 is 0.539 bits per heavy atom. The molecule has 6 fully saturated rings. The van der Waals surface area contributed by atoms with Crippen LogP contribution in [0.5, 0.6) is 0 Å². The van der Waals surface area contributed by atoms with Crippen LogP contribution < -0.4 is 47.9 Å². The van der Waals surface area contributed by atoms with Crippen LogP contribution in [-0.4, -0.2) is 241 Å². The van der Waals surface area contributed by atoms with Gasteiger partial charge in [-0.3, -0.25) is 19.6 Å². The lowest BCUT2D eigenvalue weighted by Crippen LogP contribution is -2.63. The van der Waals surface area contributed by atoms with E-state index in [1.165, 1.54) is 0 Å². The van der Waals surface area contributed by atoms with E-state index in [1.807, 2.05) is 0 Å². The number of anilines is 9. The standard InChI is InChI=1S/C78H146N24/c1-67(2)42-52(43-68(3,4)99(67)27)82-61-88-58(89-62(94-61)83-53-44-69(5,6)100(28)70(7,8)45-53)79-38-32-31-34-51(50-81-60-92-65(86-56-36-40-97(25)77(21,22)75(56,17)18)96-66(93-60)87-57-37-41-98(26)78(23,24)76(57,19)20)35-33-39-80-59-90-63(84-54-46-71(9,10)101(29)72(11,12)47-54)95-64(91-59)85-55-48-73(13,14)102(30)74(15,16)49-55/h51-57H,31-50H2,1-30H3,(H3,79,82,83,88,89,94)(H3,80,84,85,90,91,95)(H3,81,86,87,92,93,96). The van der Waals surface area contributed by atoms with Crippen LogP contribution in [0, 0.1) is 16.7 Å². The fourth-order valence-electron chi connectivity index (χ4n) is 18.9. The van der Waals surface area contributed by atoms with Gasteiger partial charge in [-0.05, 0) is 277 Å². The first-order valence-electron chi connectivity index (χ1n) is 39.3. The monoisotopic (exact) mass is 1420 g/mol. The minimum absolute atomic E-state index is 0.000435. The second kappa shape index (κ2) is 29.6. The first-order valence-corrected chi connectivity index (χ1v) is 39.3. The molecule has 0 radical (unpaired) electrons. The van der Waals surface area contributed by atoms with E-state index in [0.29, 0.717) is 73.2 Å². The average Bonchev–Trinajstić information content (AvgIpc) is 0.576. The zero-order valence-corrected chi connectivity index (χ0v) is 69.9. The number of aromatic nitrogens is 9. The number of unbranched alkanes of at least 4 members (excludes halogenated alkanes) is 1. The van der Waals surface area contributed by atoms with Crippen LogP contribution in [-0.2, 0) is 0 Å². The van der Waals surface area contributed by atoms with Crippen LogP contribution >= 0.6 is 0 Å². The number of hydrogen-bond donors (Lipinski definition) is 9. The fraction of sp³-hybridized carbons (Fsp3) is 0.885. The third kappa shape index (κ3) is 18.2. The normalized spacial score (nSPS) is 26.9. The van der Waals surface area contributed by atoms with Crippen molar-refractivity contribution in [2.75, 3.05) is 123 Å². The summed E-state index contributed by atoms with van der Waals surface area (Å²) in [6.45, 7) is 60.5. The fourth-order valence-corrected chi connectivity index (χ4v) is 18.9. The van der Waals surface area contributed by atoms with Crippen molar-refractivity contribution < 1.29 is 0 Å². The van der Waals surface area contributed by atoms with Gasteiger partial charge in [-0.1, -0.05) is 34.1 Å². The molecule has 0 aliphatic carbocycles. The third-order valence-electron chi connectivity index (χ3n) is 28.3. The van der Waals surface area contributed by atoms with E-state index in [2.05, 4.69) is 286 Å². The molecule has 24 nitrogen and oxygen atoms in total. The summed E-state index contributed by atoms with van der Waals surface area (Å²) < 4.78 is 0. The number of rotatable bonds is 26. The molecule has 0 aromatic carbocycles. The molecular weight excluding hydrogens is 1270 g/mol. The quantitative estimate of drug-likeness (QED) is 0.0339. The van der Waals surface area contributed by atoms with Crippen molar-refractivity contribution in [3.8, 4) is 0 Å². The van der Waals surface area contributed by atoms with E-state index in [-0.39, 0.29) is 108 Å². The minimum atomic E-state index is -0.0913. The molecule has 3 unspecified atom stereocenters. The highest BCUT2D eigenvalue weighted by molar-refractivity contribution is 5.47. The van der Waals surface area contributed by atoms with Gasteiger partial charge in [-0.2, -0.15) is 44.9 Å². The Morgan fingerprint density at radius 1 is 0.304 bits per heavy atom. The maximum Gasteiger partial charge on any atom is 0.229 e. The summed E-state index contributed by atoms with van der Waals surface area (Å²) in [6, 6.07) is 1.06. The smallest absolute Gasteiger partial charge is 0.229 e. The van der Waals surface area contributed by atoms with Crippen molar-refractivity contribution in [3.05, 3.63) is 0 Å². The van der Waals surface area contributed by atoms with Gasteiger partial charge in [0.15, 0.2) is 0 Å². The maximum atomic E-state index is 5.24. The van der Waals surface area contributed by atoms with Crippen molar-refractivity contribution in [1.29, 1.82) is 0 Å². The Morgan fingerprint density at radius 3 is 0.824 bits per heavy atom. The van der Waals surface area contributed by atoms with Crippen molar-refractivity contribution in [2.45, 2.75) is 354 Å². The van der Waals surface area contributed by atoms with E-state index >= 15 is 0 Å². The van der Waals surface area contributed by atoms with Crippen molar-refractivity contribution >= 4 is 53.5 Å². The van der Waals surface area contributed by atoms with Crippen LogP contribution in [0.15, 0.2) is 0 Å². The Balaban J connectivity index is 0.966. The van der Waals surface area contributed by atoms with E-state index < -0.39 is 0 Å². The van der Waals surface area contributed by atoms with Crippen LogP contribution in [0.3, 0.4) is 0 Å². The SMILES string of the molecule is CN1C(C)(C)CC(Nc2nc(NCCCCC(CCCNc3nc(NC4CC(C)(C)N(C)C(C)(C)C4)nc(NC4CC(C)(C)N(C)C(C)(C)C4)n3)CNc3nc(NC4CCN(C)C(C)(C)C4(C)C)nc(NC4CCN(C)C(C)(C)C4(C)C)n3)nc(NC3CC(C)(C)N(C)C(C)(C)C3)n2)CC1(C)C. The zero-order chi connectivity index (χ0) is 75.6. The summed E-state index contributed by atoms with van der Waals surface area (Å²) in [6.07, 6.45) is 14.5. The highest BCUT2D eigenvalue weighted by Crippen LogP contribution is 2.47. The van der Waals surface area contributed by atoms with Crippen molar-refractivity contribution in [3.63, 3.8) is 0 Å². The summed E-state index contributed by atoms with van der Waals surface area (Å²) in [5, 5.41) is 34.4. The van der Waals surface area contributed by atoms with Gasteiger partial charge < -0.3 is 57.7 Å².